The Balaban J connectivity index is 1.80. The molecule has 0 amide bonds. The molecule has 4 rings (SSSR count). The molecule has 3 heterocycles. The molecule has 1 aliphatic heterocycles. The highest BCUT2D eigenvalue weighted by molar-refractivity contribution is 5.74. The zero-order valence-corrected chi connectivity index (χ0v) is 17.2. The largest absolute Gasteiger partial charge is 0.493 e. The van der Waals surface area contributed by atoms with Gasteiger partial charge in [0.25, 0.3) is 5.56 Å². The molecule has 30 heavy (non-hydrogen) atoms. The van der Waals surface area contributed by atoms with Gasteiger partial charge < -0.3 is 24.3 Å². The third-order valence-corrected chi connectivity index (χ3v) is 5.13. The monoisotopic (exact) mass is 409 g/mol. The number of fused-ring (bicyclic) bond motifs is 1. The van der Waals surface area contributed by atoms with Gasteiger partial charge in [-0.15, -0.1) is 0 Å². The second-order valence-corrected chi connectivity index (χ2v) is 6.90. The SMILES string of the molecule is CCn1c(N2CCNCC2)nc2nc(Oc3ccc(C#N)cc3OC)n(C)c(=O)c21. The quantitative estimate of drug-likeness (QED) is 0.670. The van der Waals surface area contributed by atoms with Gasteiger partial charge in [-0.05, 0) is 19.1 Å². The van der Waals surface area contributed by atoms with Crippen molar-refractivity contribution in [1.29, 1.82) is 5.26 Å². The molecule has 10 nitrogen and oxygen atoms in total. The average Bonchev–Trinajstić information content (AvgIpc) is 3.16. The van der Waals surface area contributed by atoms with Crippen molar-refractivity contribution in [2.45, 2.75) is 13.5 Å². The van der Waals surface area contributed by atoms with Gasteiger partial charge in [0.1, 0.15) is 0 Å². The van der Waals surface area contributed by atoms with Crippen molar-refractivity contribution in [1.82, 2.24) is 24.4 Å². The summed E-state index contributed by atoms with van der Waals surface area (Å²) >= 11 is 0. The van der Waals surface area contributed by atoms with Crippen LogP contribution < -0.4 is 25.2 Å². The zero-order chi connectivity index (χ0) is 21.3. The van der Waals surface area contributed by atoms with Crippen molar-refractivity contribution in [3.8, 4) is 23.6 Å². The molecule has 0 spiro atoms. The minimum atomic E-state index is -0.238. The number of nitrogens with zero attached hydrogens (tertiary/aromatic N) is 6. The van der Waals surface area contributed by atoms with Crippen molar-refractivity contribution in [2.75, 3.05) is 38.2 Å². The van der Waals surface area contributed by atoms with Crippen LogP contribution in [0.25, 0.3) is 11.2 Å². The lowest BCUT2D eigenvalue weighted by Gasteiger charge is -2.28. The van der Waals surface area contributed by atoms with Gasteiger partial charge in [0.2, 0.25) is 5.95 Å². The molecule has 0 bridgehead atoms. The van der Waals surface area contributed by atoms with Crippen LogP contribution in [-0.2, 0) is 13.6 Å². The molecule has 10 heteroatoms. The fraction of sp³-hybridized carbons (Fsp3) is 0.400. The molecule has 0 atom stereocenters. The lowest BCUT2D eigenvalue weighted by Crippen LogP contribution is -2.44. The Labute approximate surface area is 173 Å². The molecule has 1 fully saturated rings. The third kappa shape index (κ3) is 3.33. The van der Waals surface area contributed by atoms with E-state index < -0.39 is 0 Å². The predicted octanol–water partition coefficient (Wildman–Crippen LogP) is 1.23. The number of nitriles is 1. The standard InChI is InChI=1S/C20H23N7O3/c1-4-27-16-17(23-19(27)26-9-7-22-8-10-26)24-20(25(2)18(16)28)30-14-6-5-13(12-21)11-15(14)29-3/h5-6,11,22H,4,7-10H2,1-3H3. The molecule has 1 N–H and O–H groups in total. The third-order valence-electron chi connectivity index (χ3n) is 5.13. The number of nitrogens with one attached hydrogen (secondary N) is 1. The first kappa shape index (κ1) is 19.7. The van der Waals surface area contributed by atoms with Crippen LogP contribution in [0.5, 0.6) is 17.5 Å². The van der Waals surface area contributed by atoms with Crippen molar-refractivity contribution in [3.63, 3.8) is 0 Å². The van der Waals surface area contributed by atoms with Crippen LogP contribution in [-0.4, -0.2) is 52.4 Å². The molecular formula is C20H23N7O3. The number of hydrogen-bond donors (Lipinski definition) is 1. The van der Waals surface area contributed by atoms with Gasteiger partial charge in [-0.2, -0.15) is 15.2 Å². The number of hydrogen-bond acceptors (Lipinski definition) is 8. The molecule has 0 unspecified atom stereocenters. The lowest BCUT2D eigenvalue weighted by atomic mass is 10.2. The van der Waals surface area contributed by atoms with Gasteiger partial charge in [0, 0.05) is 45.8 Å². The van der Waals surface area contributed by atoms with E-state index in [0.29, 0.717) is 34.8 Å². The number of imidazole rings is 1. The highest BCUT2D eigenvalue weighted by Crippen LogP contribution is 2.31. The molecule has 1 aliphatic rings. The van der Waals surface area contributed by atoms with E-state index in [0.717, 1.165) is 32.1 Å². The smallest absolute Gasteiger partial charge is 0.306 e. The van der Waals surface area contributed by atoms with Gasteiger partial charge in [-0.1, -0.05) is 0 Å². The van der Waals surface area contributed by atoms with Crippen LogP contribution in [0.4, 0.5) is 5.95 Å². The summed E-state index contributed by atoms with van der Waals surface area (Å²) in [7, 11) is 3.10. The molecule has 156 valence electrons. The number of benzene rings is 1. The molecule has 2 aromatic heterocycles. The van der Waals surface area contributed by atoms with Crippen molar-refractivity contribution in [2.24, 2.45) is 7.05 Å². The first-order valence-corrected chi connectivity index (χ1v) is 9.76. The summed E-state index contributed by atoms with van der Waals surface area (Å²) in [4.78, 5) is 24.5. The van der Waals surface area contributed by atoms with E-state index in [1.165, 1.54) is 11.7 Å². The van der Waals surface area contributed by atoms with Crippen LogP contribution in [0.1, 0.15) is 12.5 Å². The summed E-state index contributed by atoms with van der Waals surface area (Å²) in [6.45, 7) is 5.95. The van der Waals surface area contributed by atoms with Crippen molar-refractivity contribution < 1.29 is 9.47 Å². The Hall–Kier alpha value is -3.58. The summed E-state index contributed by atoms with van der Waals surface area (Å²) in [5.74, 6) is 1.48. The Morgan fingerprint density at radius 2 is 2.00 bits per heavy atom. The first-order valence-electron chi connectivity index (χ1n) is 9.76. The number of aromatic nitrogens is 4. The maximum atomic E-state index is 13.1. The number of anilines is 1. The maximum Gasteiger partial charge on any atom is 0.306 e. The van der Waals surface area contributed by atoms with Gasteiger partial charge in [0.15, 0.2) is 22.7 Å². The summed E-state index contributed by atoms with van der Waals surface area (Å²) in [5.41, 5.74) is 1.00. The summed E-state index contributed by atoms with van der Waals surface area (Å²) in [6.07, 6.45) is 0. The zero-order valence-electron chi connectivity index (χ0n) is 17.2. The van der Waals surface area contributed by atoms with Gasteiger partial charge >= 0.3 is 6.01 Å². The Morgan fingerprint density at radius 1 is 1.23 bits per heavy atom. The predicted molar refractivity (Wildman–Crippen MR) is 111 cm³/mol. The molecule has 0 saturated carbocycles. The van der Waals surface area contributed by atoms with Gasteiger partial charge in [0.05, 0.1) is 18.7 Å². The average molecular weight is 409 g/mol. The van der Waals surface area contributed by atoms with E-state index in [1.54, 1.807) is 25.2 Å². The highest BCUT2D eigenvalue weighted by atomic mass is 16.5. The molecule has 1 saturated heterocycles. The van der Waals surface area contributed by atoms with Crippen LogP contribution >= 0.6 is 0 Å². The van der Waals surface area contributed by atoms with Crippen molar-refractivity contribution in [3.05, 3.63) is 34.1 Å². The Kier molecular flexibility index (Phi) is 5.29. The molecule has 3 aromatic rings. The fourth-order valence-corrected chi connectivity index (χ4v) is 3.55. The summed E-state index contributed by atoms with van der Waals surface area (Å²) in [6, 6.07) is 6.96. The van der Waals surface area contributed by atoms with E-state index in [2.05, 4.69) is 26.3 Å². The van der Waals surface area contributed by atoms with Gasteiger partial charge in [-0.25, -0.2) is 0 Å². The van der Waals surface area contributed by atoms with E-state index in [-0.39, 0.29) is 11.6 Å². The number of methoxy groups -OCH3 is 1. The molecule has 1 aromatic carbocycles. The number of rotatable bonds is 5. The maximum absolute atomic E-state index is 13.1. The Bertz CT molecular complexity index is 1190. The van der Waals surface area contributed by atoms with Crippen LogP contribution in [0.2, 0.25) is 0 Å². The first-order chi connectivity index (χ1) is 14.6. The molecular weight excluding hydrogens is 386 g/mol. The van der Waals surface area contributed by atoms with Crippen molar-refractivity contribution >= 4 is 17.1 Å². The second kappa shape index (κ2) is 8.04. The summed E-state index contributed by atoms with van der Waals surface area (Å²) in [5, 5.41) is 12.4. The second-order valence-electron chi connectivity index (χ2n) is 6.90. The molecule has 0 radical (unpaired) electrons. The minimum absolute atomic E-state index is 0.100. The van der Waals surface area contributed by atoms with E-state index in [1.807, 2.05) is 11.5 Å². The summed E-state index contributed by atoms with van der Waals surface area (Å²) < 4.78 is 14.5. The normalized spacial score (nSPS) is 14.0. The highest BCUT2D eigenvalue weighted by Gasteiger charge is 2.23. The van der Waals surface area contributed by atoms with Crippen LogP contribution in [0.15, 0.2) is 23.0 Å². The van der Waals surface area contributed by atoms with E-state index in [9.17, 15) is 4.79 Å². The van der Waals surface area contributed by atoms with Crippen LogP contribution in [0.3, 0.4) is 0 Å². The van der Waals surface area contributed by atoms with Gasteiger partial charge in [-0.3, -0.25) is 9.36 Å². The van der Waals surface area contributed by atoms with E-state index in [4.69, 9.17) is 14.7 Å². The lowest BCUT2D eigenvalue weighted by molar-refractivity contribution is 0.359. The van der Waals surface area contributed by atoms with Crippen LogP contribution in [0, 0.1) is 11.3 Å². The minimum Gasteiger partial charge on any atom is -0.493 e. The number of ether oxygens (including phenoxy) is 2. The number of piperazine rings is 1. The number of aryl methyl sites for hydroxylation is 1. The fourth-order valence-electron chi connectivity index (χ4n) is 3.55. The van der Waals surface area contributed by atoms with E-state index >= 15 is 0 Å². The topological polar surface area (TPSA) is 110 Å². The molecule has 0 aliphatic carbocycles. The Morgan fingerprint density at radius 3 is 2.67 bits per heavy atom.